The van der Waals surface area contributed by atoms with Gasteiger partial charge in [-0.3, -0.25) is 9.36 Å². The van der Waals surface area contributed by atoms with Gasteiger partial charge in [0.1, 0.15) is 46.4 Å². The van der Waals surface area contributed by atoms with Crippen LogP contribution in [0.2, 0.25) is 0 Å². The van der Waals surface area contributed by atoms with Gasteiger partial charge >= 0.3 is 11.7 Å². The highest BCUT2D eigenvalue weighted by Gasteiger charge is 2.29. The number of unbranched alkanes of at least 4 members (excludes halogenated alkanes) is 1. The van der Waals surface area contributed by atoms with Crippen molar-refractivity contribution in [3.8, 4) is 10.8 Å². The van der Waals surface area contributed by atoms with Crippen LogP contribution in [0, 0.1) is 12.7 Å². The standard InChI is InChI=1S/C27H30FN5O7S/c1-5-6-12-40-26(36)17(3)32-23(35)22-16(2)24(33-29-9-10-30-33)41-25(22)31(27(32)37)15-21(39-13-11-34)19-14-18(28)7-8-20(19)38-4/h7-11,14,17,21H,5-6,12-13,15H2,1-4H3/t17?,21-/m1/s1. The molecule has 0 N–H and O–H groups in total. The fourth-order valence-electron chi connectivity index (χ4n) is 4.43. The minimum Gasteiger partial charge on any atom is -0.496 e. The highest BCUT2D eigenvalue weighted by Crippen LogP contribution is 2.34. The van der Waals surface area contributed by atoms with E-state index in [1.807, 2.05) is 6.92 Å². The lowest BCUT2D eigenvalue weighted by atomic mass is 10.1. The summed E-state index contributed by atoms with van der Waals surface area (Å²) in [6, 6.07) is 2.57. The van der Waals surface area contributed by atoms with E-state index in [9.17, 15) is 23.6 Å². The fourth-order valence-corrected chi connectivity index (χ4v) is 5.65. The Bertz CT molecular complexity index is 1660. The molecule has 14 heteroatoms. The maximum Gasteiger partial charge on any atom is 0.333 e. The third-order valence-electron chi connectivity index (χ3n) is 6.54. The summed E-state index contributed by atoms with van der Waals surface area (Å²) < 4.78 is 32.9. The molecule has 218 valence electrons. The van der Waals surface area contributed by atoms with Crippen LogP contribution in [0.4, 0.5) is 4.39 Å². The number of nitrogens with zero attached hydrogens (tertiary/aromatic N) is 5. The summed E-state index contributed by atoms with van der Waals surface area (Å²) in [7, 11) is 1.40. The Labute approximate surface area is 237 Å². The Morgan fingerprint density at radius 2 is 1.95 bits per heavy atom. The number of methoxy groups -OCH3 is 1. The van der Waals surface area contributed by atoms with E-state index in [0.29, 0.717) is 23.3 Å². The first-order valence-corrected chi connectivity index (χ1v) is 13.7. The van der Waals surface area contributed by atoms with Crippen molar-refractivity contribution in [1.82, 2.24) is 24.1 Å². The number of rotatable bonds is 13. The monoisotopic (exact) mass is 587 g/mol. The maximum absolute atomic E-state index is 14.3. The molecular formula is C27H30FN5O7S. The highest BCUT2D eigenvalue weighted by atomic mass is 32.1. The molecule has 0 spiro atoms. The Balaban J connectivity index is 1.96. The van der Waals surface area contributed by atoms with Crippen LogP contribution >= 0.6 is 11.3 Å². The zero-order valence-electron chi connectivity index (χ0n) is 23.0. The van der Waals surface area contributed by atoms with Gasteiger partial charge in [-0.15, -0.1) is 4.80 Å². The quantitative estimate of drug-likeness (QED) is 0.131. The second-order valence-electron chi connectivity index (χ2n) is 9.17. The first kappa shape index (κ1) is 29.8. The molecule has 0 saturated carbocycles. The molecule has 12 nitrogen and oxygen atoms in total. The van der Waals surface area contributed by atoms with Gasteiger partial charge in [0.05, 0.1) is 38.0 Å². The summed E-state index contributed by atoms with van der Waals surface area (Å²) in [5, 5.41) is 8.98. The number of aryl methyl sites for hydroxylation is 1. The van der Waals surface area contributed by atoms with Gasteiger partial charge in [0, 0.05) is 11.1 Å². The number of hydrogen-bond donors (Lipinski definition) is 0. The molecule has 3 heterocycles. The molecule has 3 aromatic heterocycles. The zero-order valence-corrected chi connectivity index (χ0v) is 23.9. The van der Waals surface area contributed by atoms with Gasteiger partial charge in [0.15, 0.2) is 0 Å². The summed E-state index contributed by atoms with van der Waals surface area (Å²) in [6.07, 6.45) is 3.86. The van der Waals surface area contributed by atoms with Gasteiger partial charge in [0.2, 0.25) is 0 Å². The number of ether oxygens (including phenoxy) is 3. The largest absolute Gasteiger partial charge is 0.496 e. The minimum atomic E-state index is -1.24. The Morgan fingerprint density at radius 3 is 2.61 bits per heavy atom. The van der Waals surface area contributed by atoms with Crippen LogP contribution in [-0.4, -0.2) is 56.7 Å². The lowest BCUT2D eigenvalue weighted by molar-refractivity contribution is -0.147. The molecule has 0 aliphatic rings. The molecule has 0 amide bonds. The molecular weight excluding hydrogens is 557 g/mol. The van der Waals surface area contributed by atoms with E-state index in [0.717, 1.165) is 22.3 Å². The number of fused-ring (bicyclic) bond motifs is 1. The molecule has 1 aromatic carbocycles. The normalized spacial score (nSPS) is 12.8. The van der Waals surface area contributed by atoms with Crippen molar-refractivity contribution >= 4 is 33.8 Å². The smallest absolute Gasteiger partial charge is 0.333 e. The molecule has 2 atom stereocenters. The Morgan fingerprint density at radius 1 is 1.22 bits per heavy atom. The number of benzene rings is 1. The summed E-state index contributed by atoms with van der Waals surface area (Å²) in [5.41, 5.74) is -0.740. The van der Waals surface area contributed by atoms with E-state index >= 15 is 0 Å². The Kier molecular flexibility index (Phi) is 9.45. The predicted octanol–water partition coefficient (Wildman–Crippen LogP) is 3.12. The van der Waals surface area contributed by atoms with Crippen molar-refractivity contribution in [3.05, 3.63) is 68.4 Å². The van der Waals surface area contributed by atoms with Crippen LogP contribution in [0.5, 0.6) is 5.75 Å². The number of thiophene rings is 1. The first-order valence-electron chi connectivity index (χ1n) is 12.9. The zero-order chi connectivity index (χ0) is 29.7. The average molecular weight is 588 g/mol. The van der Waals surface area contributed by atoms with E-state index in [2.05, 4.69) is 10.2 Å². The average Bonchev–Trinajstić information content (AvgIpc) is 3.61. The number of halogens is 1. The van der Waals surface area contributed by atoms with Gasteiger partial charge < -0.3 is 19.0 Å². The molecule has 0 radical (unpaired) electrons. The number of aromatic nitrogens is 5. The first-order chi connectivity index (χ1) is 19.7. The van der Waals surface area contributed by atoms with Gasteiger partial charge in [0.25, 0.3) is 5.56 Å². The second-order valence-corrected chi connectivity index (χ2v) is 10.1. The SMILES string of the molecule is CCCCOC(=O)C(C)n1c(=O)c2c(C)c(-n3nccn3)sc2n(C[C@@H](OCC=O)c2cc(F)ccc2OC)c1=O. The molecule has 0 aliphatic carbocycles. The number of esters is 1. The van der Waals surface area contributed by atoms with E-state index in [-0.39, 0.29) is 41.3 Å². The third kappa shape index (κ3) is 5.98. The highest BCUT2D eigenvalue weighted by molar-refractivity contribution is 7.21. The van der Waals surface area contributed by atoms with E-state index < -0.39 is 35.2 Å². The summed E-state index contributed by atoms with van der Waals surface area (Å²) in [5.74, 6) is -1.03. The van der Waals surface area contributed by atoms with Gasteiger partial charge in [-0.25, -0.2) is 18.5 Å². The van der Waals surface area contributed by atoms with Gasteiger partial charge in [-0.2, -0.15) is 10.2 Å². The minimum absolute atomic E-state index is 0.151. The van der Waals surface area contributed by atoms with Crippen molar-refractivity contribution in [1.29, 1.82) is 0 Å². The number of hydrogen-bond acceptors (Lipinski definition) is 10. The topological polar surface area (TPSA) is 137 Å². The van der Waals surface area contributed by atoms with Crippen LogP contribution in [0.3, 0.4) is 0 Å². The van der Waals surface area contributed by atoms with E-state index in [4.69, 9.17) is 14.2 Å². The number of carbonyl (C=O) groups excluding carboxylic acids is 2. The molecule has 4 aromatic rings. The van der Waals surface area contributed by atoms with Crippen molar-refractivity contribution < 1.29 is 28.2 Å². The van der Waals surface area contributed by atoms with Crippen molar-refractivity contribution in [2.45, 2.75) is 52.3 Å². The van der Waals surface area contributed by atoms with Crippen LogP contribution in [-0.2, 0) is 25.6 Å². The molecule has 41 heavy (non-hydrogen) atoms. The molecule has 0 fully saturated rings. The summed E-state index contributed by atoms with van der Waals surface area (Å²) in [4.78, 5) is 53.5. The van der Waals surface area contributed by atoms with Crippen LogP contribution < -0.4 is 16.0 Å². The van der Waals surface area contributed by atoms with Crippen molar-refractivity contribution in [2.24, 2.45) is 0 Å². The van der Waals surface area contributed by atoms with Crippen molar-refractivity contribution in [3.63, 3.8) is 0 Å². The molecule has 1 unspecified atom stereocenters. The summed E-state index contributed by atoms with van der Waals surface area (Å²) in [6.45, 7) is 4.61. The van der Waals surface area contributed by atoms with Gasteiger partial charge in [-0.05, 0) is 38.5 Å². The van der Waals surface area contributed by atoms with Crippen LogP contribution in [0.1, 0.15) is 50.0 Å². The summed E-state index contributed by atoms with van der Waals surface area (Å²) >= 11 is 1.10. The Hall–Kier alpha value is -4.17. The third-order valence-corrected chi connectivity index (χ3v) is 7.82. The van der Waals surface area contributed by atoms with E-state index in [1.54, 1.807) is 6.92 Å². The van der Waals surface area contributed by atoms with Crippen LogP contribution in [0.15, 0.2) is 40.2 Å². The fraction of sp³-hybridized carbons (Fsp3) is 0.407. The predicted molar refractivity (Wildman–Crippen MR) is 148 cm³/mol. The molecule has 0 saturated heterocycles. The van der Waals surface area contributed by atoms with Crippen LogP contribution in [0.25, 0.3) is 15.2 Å². The molecule has 4 rings (SSSR count). The number of aldehydes is 1. The number of carbonyl (C=O) groups is 2. The molecule has 0 aliphatic heterocycles. The second kappa shape index (κ2) is 13.0. The van der Waals surface area contributed by atoms with Crippen molar-refractivity contribution in [2.75, 3.05) is 20.3 Å². The lowest BCUT2D eigenvalue weighted by Crippen LogP contribution is -2.44. The lowest BCUT2D eigenvalue weighted by Gasteiger charge is -2.22. The van der Waals surface area contributed by atoms with Gasteiger partial charge in [-0.1, -0.05) is 24.7 Å². The van der Waals surface area contributed by atoms with E-state index in [1.165, 1.54) is 54.0 Å². The molecule has 0 bridgehead atoms. The maximum atomic E-state index is 14.3.